The van der Waals surface area contributed by atoms with E-state index in [-0.39, 0.29) is 0 Å². The number of imidazole rings is 1. The summed E-state index contributed by atoms with van der Waals surface area (Å²) >= 11 is 12.7. The van der Waals surface area contributed by atoms with Crippen LogP contribution < -0.4 is 5.32 Å². The molecule has 0 atom stereocenters. The Kier molecular flexibility index (Phi) is 4.14. The van der Waals surface area contributed by atoms with E-state index in [1.165, 1.54) is 25.7 Å². The molecule has 0 unspecified atom stereocenters. The molecule has 3 rings (SSSR count). The summed E-state index contributed by atoms with van der Waals surface area (Å²) in [6.07, 6.45) is 7.09. The van der Waals surface area contributed by atoms with Crippen LogP contribution in [-0.4, -0.2) is 9.55 Å². The largest absolute Gasteiger partial charge is 0.323 e. The van der Waals surface area contributed by atoms with Crippen LogP contribution in [0.4, 0.5) is 11.6 Å². The van der Waals surface area contributed by atoms with Crippen LogP contribution in [0.15, 0.2) is 18.3 Å². The summed E-state index contributed by atoms with van der Waals surface area (Å²) in [6, 6.07) is 4.31. The topological polar surface area (TPSA) is 29.9 Å². The van der Waals surface area contributed by atoms with E-state index in [9.17, 15) is 0 Å². The van der Waals surface area contributed by atoms with Gasteiger partial charge in [-0.05, 0) is 38.3 Å². The summed E-state index contributed by atoms with van der Waals surface area (Å²) in [5.74, 6) is 0.828. The number of aryl methyl sites for hydroxylation is 2. The van der Waals surface area contributed by atoms with Crippen molar-refractivity contribution in [1.82, 2.24) is 9.55 Å². The van der Waals surface area contributed by atoms with E-state index in [1.807, 2.05) is 26.0 Å². The van der Waals surface area contributed by atoms with E-state index in [0.717, 1.165) is 22.9 Å². The number of nitrogens with one attached hydrogen (secondary N) is 1. The molecule has 1 heterocycles. The van der Waals surface area contributed by atoms with Gasteiger partial charge in [-0.15, -0.1) is 0 Å². The molecular weight excluding hydrogens is 305 g/mol. The molecule has 0 saturated heterocycles. The molecule has 1 aliphatic carbocycles. The maximum Gasteiger partial charge on any atom is 0.207 e. The molecule has 3 nitrogen and oxygen atoms in total. The second kappa shape index (κ2) is 5.90. The summed E-state index contributed by atoms with van der Waals surface area (Å²) < 4.78 is 2.23. The fourth-order valence-electron chi connectivity index (χ4n) is 2.95. The predicted molar refractivity (Wildman–Crippen MR) is 89.0 cm³/mol. The van der Waals surface area contributed by atoms with Crippen molar-refractivity contribution >= 4 is 34.8 Å². The zero-order valence-corrected chi connectivity index (χ0v) is 13.8. The standard InChI is InChI=1S/C16H19Cl2N3/c1-10-7-8-13(17)15(14(10)18)20-16-19-11(2)9-21(16)12-5-3-4-6-12/h7-9,12H,3-6H2,1-2H3,(H,19,20). The van der Waals surface area contributed by atoms with Crippen LogP contribution in [0, 0.1) is 13.8 Å². The highest BCUT2D eigenvalue weighted by Crippen LogP contribution is 2.37. The van der Waals surface area contributed by atoms with Crippen molar-refractivity contribution in [3.63, 3.8) is 0 Å². The fraction of sp³-hybridized carbons (Fsp3) is 0.438. The summed E-state index contributed by atoms with van der Waals surface area (Å²) in [4.78, 5) is 4.60. The van der Waals surface area contributed by atoms with E-state index in [2.05, 4.69) is 21.1 Å². The van der Waals surface area contributed by atoms with Crippen molar-refractivity contribution in [3.8, 4) is 0 Å². The Morgan fingerprint density at radius 1 is 1.19 bits per heavy atom. The highest BCUT2D eigenvalue weighted by Gasteiger charge is 2.21. The normalized spacial score (nSPS) is 15.6. The first-order valence-corrected chi connectivity index (χ1v) is 8.09. The van der Waals surface area contributed by atoms with Gasteiger partial charge in [-0.25, -0.2) is 4.98 Å². The first kappa shape index (κ1) is 14.7. The monoisotopic (exact) mass is 323 g/mol. The summed E-state index contributed by atoms with van der Waals surface area (Å²) in [5.41, 5.74) is 2.74. The molecule has 0 radical (unpaired) electrons. The van der Waals surface area contributed by atoms with E-state index in [4.69, 9.17) is 23.2 Å². The maximum atomic E-state index is 6.38. The lowest BCUT2D eigenvalue weighted by atomic mass is 10.2. The molecule has 2 aromatic rings. The van der Waals surface area contributed by atoms with Gasteiger partial charge in [0.15, 0.2) is 0 Å². The molecule has 1 N–H and O–H groups in total. The Labute approximate surface area is 135 Å². The minimum Gasteiger partial charge on any atom is -0.323 e. The Bertz CT molecular complexity index is 658. The number of rotatable bonds is 3. The van der Waals surface area contributed by atoms with Gasteiger partial charge in [0.1, 0.15) is 0 Å². The fourth-order valence-corrected chi connectivity index (χ4v) is 3.42. The Morgan fingerprint density at radius 2 is 1.90 bits per heavy atom. The molecule has 0 amide bonds. The van der Waals surface area contributed by atoms with Crippen LogP contribution in [0.1, 0.15) is 43.0 Å². The Morgan fingerprint density at radius 3 is 2.62 bits per heavy atom. The van der Waals surface area contributed by atoms with Crippen molar-refractivity contribution in [2.24, 2.45) is 0 Å². The molecule has 1 fully saturated rings. The van der Waals surface area contributed by atoms with Crippen molar-refractivity contribution < 1.29 is 0 Å². The first-order chi connectivity index (χ1) is 10.1. The lowest BCUT2D eigenvalue weighted by molar-refractivity contribution is 0.524. The van der Waals surface area contributed by atoms with E-state index < -0.39 is 0 Å². The smallest absolute Gasteiger partial charge is 0.207 e. The van der Waals surface area contributed by atoms with Gasteiger partial charge in [-0.2, -0.15) is 0 Å². The third-order valence-electron chi connectivity index (χ3n) is 4.09. The number of anilines is 2. The molecule has 21 heavy (non-hydrogen) atoms. The number of benzene rings is 1. The molecule has 0 bridgehead atoms. The number of hydrogen-bond donors (Lipinski definition) is 1. The average Bonchev–Trinajstić information content (AvgIpc) is 3.08. The van der Waals surface area contributed by atoms with Crippen LogP contribution >= 0.6 is 23.2 Å². The molecule has 1 aliphatic rings. The molecule has 0 spiro atoms. The predicted octanol–water partition coefficient (Wildman–Crippen LogP) is 5.67. The lowest BCUT2D eigenvalue weighted by Gasteiger charge is -2.17. The highest BCUT2D eigenvalue weighted by atomic mass is 35.5. The van der Waals surface area contributed by atoms with Crippen LogP contribution in [0.3, 0.4) is 0 Å². The zero-order chi connectivity index (χ0) is 15.0. The van der Waals surface area contributed by atoms with Crippen LogP contribution in [0.5, 0.6) is 0 Å². The highest BCUT2D eigenvalue weighted by molar-refractivity contribution is 6.39. The quantitative estimate of drug-likeness (QED) is 0.789. The van der Waals surface area contributed by atoms with Crippen molar-refractivity contribution in [1.29, 1.82) is 0 Å². The van der Waals surface area contributed by atoms with Gasteiger partial charge < -0.3 is 9.88 Å². The third kappa shape index (κ3) is 2.90. The summed E-state index contributed by atoms with van der Waals surface area (Å²) in [5, 5.41) is 4.60. The second-order valence-electron chi connectivity index (χ2n) is 5.73. The lowest BCUT2D eigenvalue weighted by Crippen LogP contribution is -2.08. The van der Waals surface area contributed by atoms with Gasteiger partial charge in [0, 0.05) is 12.2 Å². The maximum absolute atomic E-state index is 6.38. The minimum atomic E-state index is 0.524. The molecule has 1 aromatic heterocycles. The number of hydrogen-bond acceptors (Lipinski definition) is 2. The van der Waals surface area contributed by atoms with Crippen LogP contribution in [0.2, 0.25) is 10.0 Å². The van der Waals surface area contributed by atoms with Gasteiger partial charge in [-0.3, -0.25) is 0 Å². The third-order valence-corrected chi connectivity index (χ3v) is 4.89. The molecule has 5 heteroatoms. The van der Waals surface area contributed by atoms with Crippen molar-refractivity contribution in [2.75, 3.05) is 5.32 Å². The molecule has 1 saturated carbocycles. The first-order valence-electron chi connectivity index (χ1n) is 7.33. The number of nitrogens with zero attached hydrogens (tertiary/aromatic N) is 2. The Hall–Kier alpha value is -1.19. The molecule has 0 aliphatic heterocycles. The van der Waals surface area contributed by atoms with Gasteiger partial charge in [-0.1, -0.05) is 42.1 Å². The Balaban J connectivity index is 1.97. The molecule has 1 aromatic carbocycles. The van der Waals surface area contributed by atoms with E-state index in [1.54, 1.807) is 0 Å². The summed E-state index contributed by atoms with van der Waals surface area (Å²) in [6.45, 7) is 3.98. The second-order valence-corrected chi connectivity index (χ2v) is 6.51. The van der Waals surface area contributed by atoms with Gasteiger partial charge in [0.2, 0.25) is 5.95 Å². The van der Waals surface area contributed by atoms with Gasteiger partial charge >= 0.3 is 0 Å². The minimum absolute atomic E-state index is 0.524. The average molecular weight is 324 g/mol. The summed E-state index contributed by atoms with van der Waals surface area (Å²) in [7, 11) is 0. The van der Waals surface area contributed by atoms with Crippen molar-refractivity contribution in [3.05, 3.63) is 39.6 Å². The van der Waals surface area contributed by atoms with Crippen LogP contribution in [0.25, 0.3) is 0 Å². The van der Waals surface area contributed by atoms with Crippen molar-refractivity contribution in [2.45, 2.75) is 45.6 Å². The molecular formula is C16H19Cl2N3. The number of aromatic nitrogens is 2. The van der Waals surface area contributed by atoms with Gasteiger partial charge in [0.05, 0.1) is 21.4 Å². The molecule has 112 valence electrons. The van der Waals surface area contributed by atoms with E-state index in [0.29, 0.717) is 16.1 Å². The van der Waals surface area contributed by atoms with Crippen LogP contribution in [-0.2, 0) is 0 Å². The zero-order valence-electron chi connectivity index (χ0n) is 12.3. The SMILES string of the molecule is Cc1cn(C2CCCC2)c(Nc2c(Cl)ccc(C)c2Cl)n1. The number of halogens is 2. The van der Waals surface area contributed by atoms with E-state index >= 15 is 0 Å². The van der Waals surface area contributed by atoms with Gasteiger partial charge in [0.25, 0.3) is 0 Å².